The molecule has 18 heavy (non-hydrogen) atoms. The lowest BCUT2D eigenvalue weighted by molar-refractivity contribution is 0.0970. The van der Waals surface area contributed by atoms with Crippen LogP contribution in [0.15, 0.2) is 30.0 Å². The van der Waals surface area contributed by atoms with Gasteiger partial charge in [-0.1, -0.05) is 17.7 Å². The highest BCUT2D eigenvalue weighted by atomic mass is 35.5. The first-order chi connectivity index (χ1) is 8.67. The minimum Gasteiger partial charge on any atom is -0.501 e. The third kappa shape index (κ3) is 1.77. The van der Waals surface area contributed by atoms with Crippen LogP contribution < -0.4 is 0 Å². The molecule has 0 aliphatic heterocycles. The third-order valence-electron chi connectivity index (χ3n) is 3.00. The summed E-state index contributed by atoms with van der Waals surface area (Å²) in [7, 11) is 1.56. The quantitative estimate of drug-likeness (QED) is 0.787. The molecule has 0 spiro atoms. The molecule has 0 saturated heterocycles. The Morgan fingerprint density at radius 1 is 1.33 bits per heavy atom. The number of Topliss-reactive ketones (excluding diaryl/α,β-unsaturated/α-hetero) is 1. The Hall–Kier alpha value is -1.87. The molecule has 1 heterocycles. The Morgan fingerprint density at radius 2 is 2.17 bits per heavy atom. The van der Waals surface area contributed by atoms with Crippen LogP contribution in [0.25, 0.3) is 17.0 Å². The molecule has 0 radical (unpaired) electrons. The second-order valence-electron chi connectivity index (χ2n) is 4.17. The lowest BCUT2D eigenvalue weighted by atomic mass is 9.97. The number of rotatable bonds is 1. The summed E-state index contributed by atoms with van der Waals surface area (Å²) in [5, 5.41) is 1.55. The van der Waals surface area contributed by atoms with E-state index < -0.39 is 0 Å². The summed E-state index contributed by atoms with van der Waals surface area (Å²) in [4.78, 5) is 16.4. The van der Waals surface area contributed by atoms with E-state index in [0.29, 0.717) is 28.5 Å². The molecule has 4 heteroatoms. The monoisotopic (exact) mass is 259 g/mol. The highest BCUT2D eigenvalue weighted by Crippen LogP contribution is 2.27. The zero-order valence-corrected chi connectivity index (χ0v) is 10.5. The number of carbonyl (C=O) groups excluding carboxylic acids is 1. The molecule has 0 amide bonds. The van der Waals surface area contributed by atoms with Gasteiger partial charge < -0.3 is 4.74 Å². The van der Waals surface area contributed by atoms with Crippen molar-refractivity contribution in [2.45, 2.75) is 6.42 Å². The van der Waals surface area contributed by atoms with Crippen molar-refractivity contribution in [1.29, 1.82) is 0 Å². The zero-order chi connectivity index (χ0) is 12.7. The standard InChI is InChI=1S/C14H10ClNO2/c1-18-10-6-13-11(14(17)7-10)4-8-2-3-9(15)5-12(8)16-13/h2-6H,7H2,1H3. The highest BCUT2D eigenvalue weighted by Gasteiger charge is 2.20. The molecule has 1 aliphatic carbocycles. The van der Waals surface area contributed by atoms with Crippen molar-refractivity contribution in [1.82, 2.24) is 4.98 Å². The van der Waals surface area contributed by atoms with Gasteiger partial charge in [0.1, 0.15) is 5.76 Å². The Bertz CT molecular complexity index is 691. The molecule has 0 saturated carbocycles. The van der Waals surface area contributed by atoms with Gasteiger partial charge in [-0.3, -0.25) is 4.79 Å². The van der Waals surface area contributed by atoms with Crippen molar-refractivity contribution < 1.29 is 9.53 Å². The molecule has 0 fully saturated rings. The number of hydrogen-bond acceptors (Lipinski definition) is 3. The van der Waals surface area contributed by atoms with Crippen molar-refractivity contribution in [3.8, 4) is 0 Å². The van der Waals surface area contributed by atoms with E-state index in [2.05, 4.69) is 4.98 Å². The second-order valence-corrected chi connectivity index (χ2v) is 4.61. The highest BCUT2D eigenvalue weighted by molar-refractivity contribution is 6.31. The molecule has 90 valence electrons. The largest absolute Gasteiger partial charge is 0.501 e. The number of methoxy groups -OCH3 is 1. The number of hydrogen-bond donors (Lipinski definition) is 0. The molecule has 1 aromatic carbocycles. The van der Waals surface area contributed by atoms with E-state index in [4.69, 9.17) is 16.3 Å². The zero-order valence-electron chi connectivity index (χ0n) is 9.74. The van der Waals surface area contributed by atoms with Crippen molar-refractivity contribution in [3.05, 3.63) is 46.3 Å². The van der Waals surface area contributed by atoms with Gasteiger partial charge in [-0.25, -0.2) is 4.98 Å². The summed E-state index contributed by atoms with van der Waals surface area (Å²) in [6, 6.07) is 7.31. The maximum atomic E-state index is 12.0. The Morgan fingerprint density at radius 3 is 2.94 bits per heavy atom. The third-order valence-corrected chi connectivity index (χ3v) is 3.24. The number of ether oxygens (including phenoxy) is 1. The predicted molar refractivity (Wildman–Crippen MR) is 70.7 cm³/mol. The minimum atomic E-state index is 0.0358. The van der Waals surface area contributed by atoms with E-state index in [1.165, 1.54) is 0 Å². The fourth-order valence-corrected chi connectivity index (χ4v) is 2.24. The Kier molecular flexibility index (Phi) is 2.56. The van der Waals surface area contributed by atoms with Gasteiger partial charge in [-0.2, -0.15) is 0 Å². The summed E-state index contributed by atoms with van der Waals surface area (Å²) in [6.45, 7) is 0. The molecular weight excluding hydrogens is 250 g/mol. The summed E-state index contributed by atoms with van der Waals surface area (Å²) in [5.41, 5.74) is 2.08. The fraction of sp³-hybridized carbons (Fsp3) is 0.143. The van der Waals surface area contributed by atoms with Gasteiger partial charge in [0.25, 0.3) is 0 Å². The van der Waals surface area contributed by atoms with Crippen LogP contribution >= 0.6 is 11.6 Å². The normalized spacial score (nSPS) is 14.3. The van der Waals surface area contributed by atoms with Crippen LogP contribution in [0.2, 0.25) is 5.02 Å². The molecule has 1 aromatic heterocycles. The molecule has 1 aliphatic rings. The van der Waals surface area contributed by atoms with E-state index in [0.717, 1.165) is 10.9 Å². The number of halogens is 1. The van der Waals surface area contributed by atoms with E-state index in [-0.39, 0.29) is 5.78 Å². The van der Waals surface area contributed by atoms with Gasteiger partial charge in [-0.05, 0) is 18.2 Å². The van der Waals surface area contributed by atoms with Crippen LogP contribution in [0.1, 0.15) is 22.5 Å². The van der Waals surface area contributed by atoms with E-state index in [1.807, 2.05) is 12.1 Å². The molecule has 2 aromatic rings. The number of fused-ring (bicyclic) bond motifs is 2. The first-order valence-electron chi connectivity index (χ1n) is 5.55. The number of allylic oxidation sites excluding steroid dienone is 1. The lowest BCUT2D eigenvalue weighted by Gasteiger charge is -2.14. The number of carbonyl (C=O) groups is 1. The van der Waals surface area contributed by atoms with E-state index in [9.17, 15) is 4.79 Å². The van der Waals surface area contributed by atoms with E-state index in [1.54, 1.807) is 25.3 Å². The van der Waals surface area contributed by atoms with Gasteiger partial charge in [0.05, 0.1) is 24.7 Å². The Labute approximate surface area is 109 Å². The number of nitrogens with zero attached hydrogens (tertiary/aromatic N) is 1. The van der Waals surface area contributed by atoms with Crippen molar-refractivity contribution in [2.75, 3.05) is 7.11 Å². The number of benzene rings is 1. The summed E-state index contributed by atoms with van der Waals surface area (Å²) in [5.74, 6) is 0.676. The molecule has 0 atom stereocenters. The van der Waals surface area contributed by atoms with Crippen LogP contribution in [-0.4, -0.2) is 17.9 Å². The number of aromatic nitrogens is 1. The van der Waals surface area contributed by atoms with Crippen molar-refractivity contribution >= 4 is 34.4 Å². The first kappa shape index (κ1) is 11.2. The number of ketones is 1. The first-order valence-corrected chi connectivity index (χ1v) is 5.93. The van der Waals surface area contributed by atoms with Crippen LogP contribution in [0, 0.1) is 0 Å². The average Bonchev–Trinajstić information content (AvgIpc) is 2.36. The van der Waals surface area contributed by atoms with Gasteiger partial charge in [0.2, 0.25) is 0 Å². The van der Waals surface area contributed by atoms with E-state index >= 15 is 0 Å². The molecule has 3 rings (SSSR count). The molecule has 0 unspecified atom stereocenters. The average molecular weight is 260 g/mol. The summed E-state index contributed by atoms with van der Waals surface area (Å²) in [6.07, 6.45) is 2.10. The lowest BCUT2D eigenvalue weighted by Crippen LogP contribution is -2.10. The predicted octanol–water partition coefficient (Wildman–Crippen LogP) is 3.46. The fourth-order valence-electron chi connectivity index (χ4n) is 2.08. The minimum absolute atomic E-state index is 0.0358. The summed E-state index contributed by atoms with van der Waals surface area (Å²) < 4.78 is 5.13. The molecule has 3 nitrogen and oxygen atoms in total. The maximum Gasteiger partial charge on any atom is 0.172 e. The topological polar surface area (TPSA) is 39.2 Å². The maximum absolute atomic E-state index is 12.0. The summed E-state index contributed by atoms with van der Waals surface area (Å²) >= 11 is 5.94. The van der Waals surface area contributed by atoms with Gasteiger partial charge in [0, 0.05) is 22.0 Å². The van der Waals surface area contributed by atoms with Crippen LogP contribution in [0.5, 0.6) is 0 Å². The Balaban J connectivity index is 2.28. The van der Waals surface area contributed by atoms with Crippen LogP contribution in [0.4, 0.5) is 0 Å². The van der Waals surface area contributed by atoms with Crippen LogP contribution in [0.3, 0.4) is 0 Å². The SMILES string of the molecule is COC1=Cc2nc3cc(Cl)ccc3cc2C(=O)C1. The number of pyridine rings is 1. The molecule has 0 N–H and O–H groups in total. The van der Waals surface area contributed by atoms with Crippen molar-refractivity contribution in [3.63, 3.8) is 0 Å². The second kappa shape index (κ2) is 4.10. The molecule has 0 bridgehead atoms. The van der Waals surface area contributed by atoms with Gasteiger partial charge in [0.15, 0.2) is 5.78 Å². The smallest absolute Gasteiger partial charge is 0.172 e. The van der Waals surface area contributed by atoms with Crippen LogP contribution in [-0.2, 0) is 4.74 Å². The van der Waals surface area contributed by atoms with Gasteiger partial charge in [-0.15, -0.1) is 0 Å². The van der Waals surface area contributed by atoms with Crippen molar-refractivity contribution in [2.24, 2.45) is 0 Å². The van der Waals surface area contributed by atoms with Gasteiger partial charge >= 0.3 is 0 Å². The molecular formula is C14H10ClNO2.